The van der Waals surface area contributed by atoms with Crippen molar-refractivity contribution in [3.05, 3.63) is 30.1 Å². The molecule has 0 saturated carbocycles. The van der Waals surface area contributed by atoms with E-state index in [0.717, 1.165) is 12.3 Å². The van der Waals surface area contributed by atoms with Gasteiger partial charge < -0.3 is 9.80 Å². The fraction of sp³-hybridized carbons (Fsp3) is 0.706. The number of aromatic nitrogens is 1. The van der Waals surface area contributed by atoms with Crippen molar-refractivity contribution in [2.75, 3.05) is 33.7 Å². The minimum Gasteiger partial charge on any atom is -0.306 e. The van der Waals surface area contributed by atoms with E-state index in [9.17, 15) is 0 Å². The van der Waals surface area contributed by atoms with Crippen molar-refractivity contribution in [3.8, 4) is 0 Å². The van der Waals surface area contributed by atoms with E-state index in [1.165, 1.54) is 38.0 Å². The molecule has 3 heteroatoms. The molecule has 1 atom stereocenters. The van der Waals surface area contributed by atoms with Gasteiger partial charge in [0.2, 0.25) is 0 Å². The zero-order chi connectivity index (χ0) is 14.6. The lowest BCUT2D eigenvalue weighted by molar-refractivity contribution is 0.142. The molecule has 1 saturated heterocycles. The first-order chi connectivity index (χ1) is 9.50. The summed E-state index contributed by atoms with van der Waals surface area (Å²) in [7, 11) is 4.51. The van der Waals surface area contributed by atoms with Crippen LogP contribution < -0.4 is 0 Å². The molecule has 1 unspecified atom stereocenters. The van der Waals surface area contributed by atoms with Crippen molar-refractivity contribution in [1.82, 2.24) is 14.8 Å². The lowest BCUT2D eigenvalue weighted by Crippen LogP contribution is -2.43. The third-order valence-corrected chi connectivity index (χ3v) is 5.06. The Balaban J connectivity index is 1.72. The van der Waals surface area contributed by atoms with Crippen LogP contribution >= 0.6 is 0 Å². The standard InChI is InChI=1S/C17H29N3/c1-17(2)16(9-12-20(17)4)14-19(3)11-6-8-15-7-5-10-18-13-15/h5,7,10,13,16H,6,8-9,11-12,14H2,1-4H3. The second-order valence-corrected chi connectivity index (χ2v) is 6.79. The van der Waals surface area contributed by atoms with E-state index >= 15 is 0 Å². The van der Waals surface area contributed by atoms with Crippen molar-refractivity contribution < 1.29 is 0 Å². The maximum Gasteiger partial charge on any atom is 0.0299 e. The molecule has 1 aromatic rings. The molecule has 0 N–H and O–H groups in total. The van der Waals surface area contributed by atoms with Crippen LogP contribution in [0.3, 0.4) is 0 Å². The Bertz CT molecular complexity index is 402. The Morgan fingerprint density at radius 3 is 2.85 bits per heavy atom. The molecule has 0 bridgehead atoms. The van der Waals surface area contributed by atoms with Gasteiger partial charge in [-0.05, 0) is 77.8 Å². The SMILES string of the molecule is CN(CCCc1cccnc1)CC1CCN(C)C1(C)C. The topological polar surface area (TPSA) is 19.4 Å². The van der Waals surface area contributed by atoms with Gasteiger partial charge in [-0.1, -0.05) is 6.07 Å². The van der Waals surface area contributed by atoms with Crippen LogP contribution in [0.4, 0.5) is 0 Å². The number of nitrogens with zero attached hydrogens (tertiary/aromatic N) is 3. The molecule has 0 aliphatic carbocycles. The number of hydrogen-bond donors (Lipinski definition) is 0. The molecule has 0 radical (unpaired) electrons. The molecule has 0 aromatic carbocycles. The summed E-state index contributed by atoms with van der Waals surface area (Å²) >= 11 is 0. The Kier molecular flexibility index (Phi) is 5.17. The van der Waals surface area contributed by atoms with E-state index in [-0.39, 0.29) is 0 Å². The molecule has 112 valence electrons. The molecule has 2 heterocycles. The highest BCUT2D eigenvalue weighted by molar-refractivity contribution is 5.08. The zero-order valence-electron chi connectivity index (χ0n) is 13.5. The molecule has 20 heavy (non-hydrogen) atoms. The molecule has 1 aromatic heterocycles. The third-order valence-electron chi connectivity index (χ3n) is 5.06. The minimum absolute atomic E-state index is 0.345. The largest absolute Gasteiger partial charge is 0.306 e. The first-order valence-corrected chi connectivity index (χ1v) is 7.79. The molecule has 1 fully saturated rings. The first kappa shape index (κ1) is 15.5. The van der Waals surface area contributed by atoms with E-state index in [1.807, 2.05) is 18.5 Å². The van der Waals surface area contributed by atoms with E-state index in [2.05, 4.69) is 48.8 Å². The summed E-state index contributed by atoms with van der Waals surface area (Å²) in [6.07, 6.45) is 7.50. The van der Waals surface area contributed by atoms with Crippen molar-refractivity contribution in [1.29, 1.82) is 0 Å². The van der Waals surface area contributed by atoms with Gasteiger partial charge in [0.1, 0.15) is 0 Å². The highest BCUT2D eigenvalue weighted by Gasteiger charge is 2.38. The smallest absolute Gasteiger partial charge is 0.0299 e. The van der Waals surface area contributed by atoms with Crippen LogP contribution in [-0.2, 0) is 6.42 Å². The highest BCUT2D eigenvalue weighted by atomic mass is 15.2. The summed E-state index contributed by atoms with van der Waals surface area (Å²) in [6.45, 7) is 8.39. The van der Waals surface area contributed by atoms with Crippen LogP contribution in [-0.4, -0.2) is 54.1 Å². The predicted molar refractivity (Wildman–Crippen MR) is 84.9 cm³/mol. The Labute approximate surface area is 124 Å². The van der Waals surface area contributed by atoms with Gasteiger partial charge in [-0.2, -0.15) is 0 Å². The highest BCUT2D eigenvalue weighted by Crippen LogP contribution is 2.33. The average molecular weight is 275 g/mol. The van der Waals surface area contributed by atoms with Gasteiger partial charge >= 0.3 is 0 Å². The molecular weight excluding hydrogens is 246 g/mol. The van der Waals surface area contributed by atoms with E-state index in [1.54, 1.807) is 0 Å². The van der Waals surface area contributed by atoms with Gasteiger partial charge in [-0.3, -0.25) is 4.98 Å². The number of pyridine rings is 1. The Hall–Kier alpha value is -0.930. The van der Waals surface area contributed by atoms with E-state index in [0.29, 0.717) is 5.54 Å². The number of likely N-dealkylation sites (tertiary alicyclic amines) is 1. The average Bonchev–Trinajstić information content (AvgIpc) is 2.67. The first-order valence-electron chi connectivity index (χ1n) is 7.79. The minimum atomic E-state index is 0.345. The quantitative estimate of drug-likeness (QED) is 0.796. The molecule has 1 aliphatic heterocycles. The summed E-state index contributed by atoms with van der Waals surface area (Å²) in [4.78, 5) is 9.18. The molecular formula is C17H29N3. The number of hydrogen-bond acceptors (Lipinski definition) is 3. The van der Waals surface area contributed by atoms with Crippen LogP contribution in [0, 0.1) is 5.92 Å². The normalized spacial score (nSPS) is 22.6. The molecule has 1 aliphatic rings. The second kappa shape index (κ2) is 6.68. The maximum absolute atomic E-state index is 4.17. The summed E-state index contributed by atoms with van der Waals surface area (Å²) in [5.74, 6) is 0.788. The summed E-state index contributed by atoms with van der Waals surface area (Å²) in [5.41, 5.74) is 1.69. The summed E-state index contributed by atoms with van der Waals surface area (Å²) < 4.78 is 0. The van der Waals surface area contributed by atoms with Gasteiger partial charge in [-0.25, -0.2) is 0 Å². The zero-order valence-corrected chi connectivity index (χ0v) is 13.5. The van der Waals surface area contributed by atoms with Gasteiger partial charge in [0.05, 0.1) is 0 Å². The molecule has 3 nitrogen and oxygen atoms in total. The van der Waals surface area contributed by atoms with E-state index < -0.39 is 0 Å². The molecule has 2 rings (SSSR count). The van der Waals surface area contributed by atoms with Crippen LogP contribution in [0.15, 0.2) is 24.5 Å². The fourth-order valence-corrected chi connectivity index (χ4v) is 3.18. The van der Waals surface area contributed by atoms with Crippen LogP contribution in [0.5, 0.6) is 0 Å². The van der Waals surface area contributed by atoms with Gasteiger partial charge in [0, 0.05) is 24.5 Å². The Morgan fingerprint density at radius 1 is 1.45 bits per heavy atom. The second-order valence-electron chi connectivity index (χ2n) is 6.79. The number of rotatable bonds is 6. The molecule has 0 amide bonds. The van der Waals surface area contributed by atoms with Crippen molar-refractivity contribution in [2.45, 2.75) is 38.6 Å². The van der Waals surface area contributed by atoms with Crippen molar-refractivity contribution in [2.24, 2.45) is 5.92 Å². The summed E-state index contributed by atoms with van der Waals surface area (Å²) in [5, 5.41) is 0. The lowest BCUT2D eigenvalue weighted by atomic mass is 9.88. The maximum atomic E-state index is 4.17. The third kappa shape index (κ3) is 3.80. The van der Waals surface area contributed by atoms with Crippen LogP contribution in [0.25, 0.3) is 0 Å². The van der Waals surface area contributed by atoms with Crippen molar-refractivity contribution >= 4 is 0 Å². The van der Waals surface area contributed by atoms with Crippen molar-refractivity contribution in [3.63, 3.8) is 0 Å². The number of aryl methyl sites for hydroxylation is 1. The Morgan fingerprint density at radius 2 is 2.25 bits per heavy atom. The summed E-state index contributed by atoms with van der Waals surface area (Å²) in [6, 6.07) is 4.19. The lowest BCUT2D eigenvalue weighted by Gasteiger charge is -2.35. The van der Waals surface area contributed by atoms with Gasteiger partial charge in [0.15, 0.2) is 0 Å². The molecule has 0 spiro atoms. The van der Waals surface area contributed by atoms with Gasteiger partial charge in [0.25, 0.3) is 0 Å². The van der Waals surface area contributed by atoms with Gasteiger partial charge in [-0.15, -0.1) is 0 Å². The monoisotopic (exact) mass is 275 g/mol. The predicted octanol–water partition coefficient (Wildman–Crippen LogP) is 2.68. The van der Waals surface area contributed by atoms with Crippen LogP contribution in [0.2, 0.25) is 0 Å². The van der Waals surface area contributed by atoms with Crippen LogP contribution in [0.1, 0.15) is 32.3 Å². The van der Waals surface area contributed by atoms with E-state index in [4.69, 9.17) is 0 Å². The fourth-order valence-electron chi connectivity index (χ4n) is 3.18.